The van der Waals surface area contributed by atoms with Gasteiger partial charge in [0.05, 0.1) is 0 Å². The van der Waals surface area contributed by atoms with Crippen molar-refractivity contribution < 1.29 is 9.53 Å². The fourth-order valence-electron chi connectivity index (χ4n) is 1.34. The normalized spacial score (nSPS) is 12.1. The minimum absolute atomic E-state index is 0.126. The number of carbonyl (C=O) groups excluding carboxylic acids is 1. The summed E-state index contributed by atoms with van der Waals surface area (Å²) in [5, 5.41) is 0. The highest BCUT2D eigenvalue weighted by atomic mass is 127. The Morgan fingerprint density at radius 1 is 1.53 bits per heavy atom. The highest BCUT2D eigenvalue weighted by Crippen LogP contribution is 2.15. The molecule has 0 aliphatic heterocycles. The second-order valence-corrected chi connectivity index (χ2v) is 4.42. The lowest BCUT2D eigenvalue weighted by Gasteiger charge is -2.15. The largest absolute Gasteiger partial charge is 0.446 e. The van der Waals surface area contributed by atoms with Crippen molar-refractivity contribution in [1.29, 1.82) is 0 Å². The molecule has 0 aliphatic rings. The maximum Gasteiger partial charge on any atom is 0.404 e. The van der Waals surface area contributed by atoms with Crippen molar-refractivity contribution in [1.82, 2.24) is 0 Å². The van der Waals surface area contributed by atoms with Gasteiger partial charge in [-0.1, -0.05) is 25.1 Å². The molecule has 0 spiro atoms. The third kappa shape index (κ3) is 4.07. The van der Waals surface area contributed by atoms with E-state index in [1.54, 1.807) is 0 Å². The molecule has 2 N–H and O–H groups in total. The summed E-state index contributed by atoms with van der Waals surface area (Å²) in [6, 6.07) is 8.04. The van der Waals surface area contributed by atoms with E-state index in [1.165, 1.54) is 9.13 Å². The maximum atomic E-state index is 10.6. The molecule has 0 aromatic heterocycles. The van der Waals surface area contributed by atoms with Gasteiger partial charge in [-0.25, -0.2) is 4.79 Å². The van der Waals surface area contributed by atoms with E-state index in [0.717, 1.165) is 12.8 Å². The first-order valence-corrected chi connectivity index (χ1v) is 5.90. The topological polar surface area (TPSA) is 52.3 Å². The molecule has 1 atom stereocenters. The van der Waals surface area contributed by atoms with E-state index in [9.17, 15) is 4.79 Å². The minimum atomic E-state index is -0.701. The summed E-state index contributed by atoms with van der Waals surface area (Å²) < 4.78 is 6.18. The van der Waals surface area contributed by atoms with Gasteiger partial charge in [0, 0.05) is 9.99 Å². The van der Waals surface area contributed by atoms with Crippen LogP contribution in [0.4, 0.5) is 4.79 Å². The fourth-order valence-corrected chi connectivity index (χ4v) is 1.95. The molecule has 0 unspecified atom stereocenters. The number of amides is 1. The van der Waals surface area contributed by atoms with Crippen LogP contribution in [0.2, 0.25) is 0 Å². The smallest absolute Gasteiger partial charge is 0.404 e. The minimum Gasteiger partial charge on any atom is -0.446 e. The Bertz CT molecular complexity index is 341. The molecular formula is C11H14INO2. The number of carbonyl (C=O) groups is 1. The van der Waals surface area contributed by atoms with Gasteiger partial charge < -0.3 is 10.5 Å². The summed E-state index contributed by atoms with van der Waals surface area (Å²) in [7, 11) is 0. The van der Waals surface area contributed by atoms with Crippen LogP contribution >= 0.6 is 22.6 Å². The number of nitrogens with two attached hydrogens (primary N) is 1. The van der Waals surface area contributed by atoms with Crippen molar-refractivity contribution in [3.05, 3.63) is 33.4 Å². The predicted molar refractivity (Wildman–Crippen MR) is 67.6 cm³/mol. The van der Waals surface area contributed by atoms with E-state index < -0.39 is 6.09 Å². The quantitative estimate of drug-likeness (QED) is 0.868. The number of primary amides is 1. The van der Waals surface area contributed by atoms with E-state index in [0.29, 0.717) is 0 Å². The number of rotatable bonds is 4. The van der Waals surface area contributed by atoms with Crippen LogP contribution in [0, 0.1) is 3.57 Å². The van der Waals surface area contributed by atoms with Gasteiger partial charge in [0.15, 0.2) is 0 Å². The lowest BCUT2D eigenvalue weighted by molar-refractivity contribution is 0.104. The lowest BCUT2D eigenvalue weighted by Crippen LogP contribution is -2.24. The van der Waals surface area contributed by atoms with Crippen LogP contribution in [-0.4, -0.2) is 12.2 Å². The molecule has 4 heteroatoms. The molecule has 0 aliphatic carbocycles. The Morgan fingerprint density at radius 2 is 2.20 bits per heavy atom. The molecule has 0 bridgehead atoms. The molecule has 1 rings (SSSR count). The number of hydrogen-bond donors (Lipinski definition) is 1. The maximum absolute atomic E-state index is 10.6. The second-order valence-electron chi connectivity index (χ2n) is 3.26. The van der Waals surface area contributed by atoms with Gasteiger partial charge in [0.2, 0.25) is 0 Å². The average molecular weight is 319 g/mol. The predicted octanol–water partition coefficient (Wildman–Crippen LogP) is 2.71. The Balaban J connectivity index is 2.66. The van der Waals surface area contributed by atoms with Crippen LogP contribution in [0.15, 0.2) is 24.3 Å². The molecular weight excluding hydrogens is 305 g/mol. The highest BCUT2D eigenvalue weighted by Gasteiger charge is 2.12. The number of ether oxygens (including phenoxy) is 1. The van der Waals surface area contributed by atoms with E-state index in [1.807, 2.05) is 31.2 Å². The zero-order valence-electron chi connectivity index (χ0n) is 8.57. The molecule has 82 valence electrons. The molecule has 3 nitrogen and oxygen atoms in total. The van der Waals surface area contributed by atoms with Crippen LogP contribution in [-0.2, 0) is 11.2 Å². The summed E-state index contributed by atoms with van der Waals surface area (Å²) in [5.41, 5.74) is 6.18. The van der Waals surface area contributed by atoms with Crippen LogP contribution in [0.3, 0.4) is 0 Å². The van der Waals surface area contributed by atoms with Gasteiger partial charge in [-0.2, -0.15) is 0 Å². The lowest BCUT2D eigenvalue weighted by atomic mass is 10.1. The van der Waals surface area contributed by atoms with Crippen LogP contribution < -0.4 is 5.73 Å². The summed E-state index contributed by atoms with van der Waals surface area (Å²) >= 11 is 2.27. The van der Waals surface area contributed by atoms with Crippen LogP contribution in [0.1, 0.15) is 18.9 Å². The first-order chi connectivity index (χ1) is 7.13. The second kappa shape index (κ2) is 5.95. The Hall–Kier alpha value is -0.780. The van der Waals surface area contributed by atoms with Crippen molar-refractivity contribution >= 4 is 28.7 Å². The Morgan fingerprint density at radius 3 is 2.73 bits per heavy atom. The van der Waals surface area contributed by atoms with Crippen molar-refractivity contribution in [2.24, 2.45) is 5.73 Å². The monoisotopic (exact) mass is 319 g/mol. The first-order valence-electron chi connectivity index (χ1n) is 4.83. The third-order valence-electron chi connectivity index (χ3n) is 2.14. The van der Waals surface area contributed by atoms with Gasteiger partial charge in [-0.05, 0) is 40.6 Å². The molecule has 0 saturated carbocycles. The van der Waals surface area contributed by atoms with Crippen molar-refractivity contribution in [2.75, 3.05) is 0 Å². The Labute approximate surface area is 103 Å². The molecule has 1 amide bonds. The van der Waals surface area contributed by atoms with E-state index in [-0.39, 0.29) is 6.10 Å². The van der Waals surface area contributed by atoms with Gasteiger partial charge in [-0.3, -0.25) is 0 Å². The molecule has 0 saturated heterocycles. The van der Waals surface area contributed by atoms with E-state index in [4.69, 9.17) is 10.5 Å². The van der Waals surface area contributed by atoms with Gasteiger partial charge >= 0.3 is 6.09 Å². The highest BCUT2D eigenvalue weighted by molar-refractivity contribution is 14.1. The van der Waals surface area contributed by atoms with Gasteiger partial charge in [-0.15, -0.1) is 0 Å². The number of hydrogen-bond acceptors (Lipinski definition) is 2. The SMILES string of the molecule is CC[C@@H](Cc1ccccc1I)OC(N)=O. The molecule has 1 aromatic rings. The molecule has 0 heterocycles. The van der Waals surface area contributed by atoms with E-state index in [2.05, 4.69) is 22.6 Å². The van der Waals surface area contributed by atoms with Gasteiger partial charge in [0.25, 0.3) is 0 Å². The molecule has 0 fully saturated rings. The standard InChI is InChI=1S/C11H14INO2/c1-2-9(15-11(13)14)7-8-5-3-4-6-10(8)12/h3-6,9H,2,7H2,1H3,(H2,13,14)/t9-/m0/s1. The van der Waals surface area contributed by atoms with Gasteiger partial charge in [0.1, 0.15) is 6.10 Å². The summed E-state index contributed by atoms with van der Waals surface area (Å²) in [4.78, 5) is 10.6. The number of benzene rings is 1. The average Bonchev–Trinajstić information content (AvgIpc) is 2.19. The van der Waals surface area contributed by atoms with Crippen molar-refractivity contribution in [2.45, 2.75) is 25.9 Å². The zero-order chi connectivity index (χ0) is 11.3. The molecule has 15 heavy (non-hydrogen) atoms. The molecule has 0 radical (unpaired) electrons. The molecule has 1 aromatic carbocycles. The summed E-state index contributed by atoms with van der Waals surface area (Å²) in [6.07, 6.45) is 0.665. The van der Waals surface area contributed by atoms with Crippen LogP contribution in [0.5, 0.6) is 0 Å². The van der Waals surface area contributed by atoms with Crippen LogP contribution in [0.25, 0.3) is 0 Å². The summed E-state index contributed by atoms with van der Waals surface area (Å²) in [5.74, 6) is 0. The van der Waals surface area contributed by atoms with Crippen molar-refractivity contribution in [3.8, 4) is 0 Å². The van der Waals surface area contributed by atoms with Crippen molar-refractivity contribution in [3.63, 3.8) is 0 Å². The summed E-state index contributed by atoms with van der Waals surface area (Å²) in [6.45, 7) is 1.98. The zero-order valence-corrected chi connectivity index (χ0v) is 10.7. The van der Waals surface area contributed by atoms with E-state index >= 15 is 0 Å². The first kappa shape index (κ1) is 12.3. The Kier molecular flexibility index (Phi) is 4.87. The third-order valence-corrected chi connectivity index (χ3v) is 3.20. The number of halogens is 1. The fraction of sp³-hybridized carbons (Fsp3) is 0.364.